The molecule has 35 heavy (non-hydrogen) atoms. The van der Waals surface area contributed by atoms with E-state index in [0.717, 1.165) is 5.56 Å². The largest absolute Gasteiger partial charge is 0.497 e. The van der Waals surface area contributed by atoms with Gasteiger partial charge in [0.25, 0.3) is 15.9 Å². The monoisotopic (exact) mass is 495 g/mol. The van der Waals surface area contributed by atoms with Crippen LogP contribution in [0.4, 0.5) is 11.4 Å². The maximum absolute atomic E-state index is 13.2. The lowest BCUT2D eigenvalue weighted by Gasteiger charge is -2.21. The van der Waals surface area contributed by atoms with Gasteiger partial charge in [0.1, 0.15) is 5.75 Å². The van der Waals surface area contributed by atoms with Gasteiger partial charge in [-0.15, -0.1) is 0 Å². The first kappa shape index (κ1) is 25.8. The van der Waals surface area contributed by atoms with Crippen LogP contribution in [0, 0.1) is 6.92 Å². The van der Waals surface area contributed by atoms with E-state index in [4.69, 9.17) is 4.74 Å². The van der Waals surface area contributed by atoms with Gasteiger partial charge in [0.2, 0.25) is 5.91 Å². The zero-order valence-corrected chi connectivity index (χ0v) is 21.0. The van der Waals surface area contributed by atoms with Crippen molar-refractivity contribution in [3.8, 4) is 5.75 Å². The molecule has 9 heteroatoms. The topological polar surface area (TPSA) is 105 Å². The van der Waals surface area contributed by atoms with Crippen molar-refractivity contribution in [3.05, 3.63) is 83.4 Å². The highest BCUT2D eigenvalue weighted by atomic mass is 32.2. The molecule has 8 nitrogen and oxygen atoms in total. The van der Waals surface area contributed by atoms with E-state index in [9.17, 15) is 18.0 Å². The Balaban J connectivity index is 1.85. The summed E-state index contributed by atoms with van der Waals surface area (Å²) in [7, 11) is -2.40. The van der Waals surface area contributed by atoms with Crippen molar-refractivity contribution >= 4 is 33.2 Å². The summed E-state index contributed by atoms with van der Waals surface area (Å²) in [6.07, 6.45) is 0. The van der Waals surface area contributed by atoms with Gasteiger partial charge in [0, 0.05) is 37.0 Å². The molecule has 3 aromatic rings. The van der Waals surface area contributed by atoms with Crippen LogP contribution in [0.25, 0.3) is 0 Å². The van der Waals surface area contributed by atoms with Gasteiger partial charge < -0.3 is 15.0 Å². The number of rotatable bonds is 9. The molecule has 184 valence electrons. The molecular weight excluding hydrogens is 466 g/mol. The molecule has 0 aliphatic heterocycles. The number of sulfonamides is 1. The van der Waals surface area contributed by atoms with E-state index in [1.807, 2.05) is 19.1 Å². The third-order valence-corrected chi connectivity index (χ3v) is 6.94. The Morgan fingerprint density at radius 1 is 1.00 bits per heavy atom. The maximum Gasteiger partial charge on any atom is 0.261 e. The molecule has 0 spiro atoms. The maximum atomic E-state index is 13.2. The minimum absolute atomic E-state index is 0.0360. The fourth-order valence-corrected chi connectivity index (χ4v) is 4.59. The molecule has 0 aliphatic carbocycles. The summed E-state index contributed by atoms with van der Waals surface area (Å²) in [4.78, 5) is 26.6. The zero-order valence-electron chi connectivity index (χ0n) is 20.2. The lowest BCUT2D eigenvalue weighted by Crippen LogP contribution is -2.28. The average molecular weight is 496 g/mol. The first-order valence-corrected chi connectivity index (χ1v) is 12.5. The molecule has 2 N–H and O–H groups in total. The van der Waals surface area contributed by atoms with Crippen LogP contribution in [0.5, 0.6) is 5.75 Å². The van der Waals surface area contributed by atoms with Gasteiger partial charge in [0.05, 0.1) is 12.0 Å². The van der Waals surface area contributed by atoms with Crippen LogP contribution in [0.3, 0.4) is 0 Å². The summed E-state index contributed by atoms with van der Waals surface area (Å²) in [6.45, 7) is 6.01. The molecule has 0 saturated carbocycles. The van der Waals surface area contributed by atoms with E-state index in [1.54, 1.807) is 54.3 Å². The molecule has 0 fully saturated rings. The fourth-order valence-electron chi connectivity index (χ4n) is 3.51. The van der Waals surface area contributed by atoms with Gasteiger partial charge in [-0.05, 0) is 67.4 Å². The van der Waals surface area contributed by atoms with E-state index < -0.39 is 15.9 Å². The lowest BCUT2D eigenvalue weighted by molar-refractivity contribution is -0.129. The van der Waals surface area contributed by atoms with Crippen LogP contribution in [0.15, 0.2) is 71.6 Å². The number of amides is 2. The van der Waals surface area contributed by atoms with Gasteiger partial charge in [-0.1, -0.05) is 24.3 Å². The number of hydrogen-bond donors (Lipinski definition) is 2. The molecule has 3 rings (SSSR count). The van der Waals surface area contributed by atoms with E-state index in [-0.39, 0.29) is 16.4 Å². The van der Waals surface area contributed by atoms with E-state index >= 15 is 0 Å². The van der Waals surface area contributed by atoms with Crippen molar-refractivity contribution < 1.29 is 22.7 Å². The van der Waals surface area contributed by atoms with Crippen LogP contribution in [0.2, 0.25) is 0 Å². The Morgan fingerprint density at radius 2 is 1.69 bits per heavy atom. The number of hydrogen-bond acceptors (Lipinski definition) is 5. The van der Waals surface area contributed by atoms with Crippen molar-refractivity contribution in [1.29, 1.82) is 0 Å². The molecule has 0 saturated heterocycles. The second kappa shape index (κ2) is 11.1. The van der Waals surface area contributed by atoms with E-state index in [1.165, 1.54) is 26.2 Å². The Labute approximate surface area is 206 Å². The number of carbonyl (C=O) groups excluding carboxylic acids is 2. The standard InChI is InChI=1S/C26H29N3O5S/c1-5-29(19(3)30)17-20-8-6-7-9-25(20)27-26(31)24-16-23(15-10-18(24)2)35(32,33)28-21-11-13-22(34-4)14-12-21/h6-16,28H,5,17H2,1-4H3,(H,27,31). The zero-order chi connectivity index (χ0) is 25.6. The minimum Gasteiger partial charge on any atom is -0.497 e. The van der Waals surface area contributed by atoms with Gasteiger partial charge >= 0.3 is 0 Å². The Morgan fingerprint density at radius 3 is 2.31 bits per heavy atom. The predicted octanol–water partition coefficient (Wildman–Crippen LogP) is 4.43. The second-order valence-electron chi connectivity index (χ2n) is 7.96. The molecule has 3 aromatic carbocycles. The second-order valence-corrected chi connectivity index (χ2v) is 9.64. The number of ether oxygens (including phenoxy) is 1. The number of methoxy groups -OCH3 is 1. The quantitative estimate of drug-likeness (QED) is 0.457. The Hall–Kier alpha value is -3.85. The number of carbonyl (C=O) groups is 2. The van der Waals surface area contributed by atoms with Gasteiger partial charge in [0.15, 0.2) is 0 Å². The molecule has 0 aromatic heterocycles. The third kappa shape index (κ3) is 6.39. The van der Waals surface area contributed by atoms with Gasteiger partial charge in [-0.25, -0.2) is 8.42 Å². The number of anilines is 2. The summed E-state index contributed by atoms with van der Waals surface area (Å²) in [5.41, 5.74) is 2.57. The lowest BCUT2D eigenvalue weighted by atomic mass is 10.1. The highest BCUT2D eigenvalue weighted by Crippen LogP contribution is 2.23. The van der Waals surface area contributed by atoms with E-state index in [2.05, 4.69) is 10.0 Å². The summed E-state index contributed by atoms with van der Waals surface area (Å²) < 4.78 is 33.5. The third-order valence-electron chi connectivity index (χ3n) is 5.56. The summed E-state index contributed by atoms with van der Waals surface area (Å²) in [5.74, 6) is 0.0990. The Bertz CT molecular complexity index is 1320. The summed E-state index contributed by atoms with van der Waals surface area (Å²) >= 11 is 0. The molecule has 0 bridgehead atoms. The van der Waals surface area contributed by atoms with Gasteiger partial charge in [-0.3, -0.25) is 14.3 Å². The number of nitrogens with zero attached hydrogens (tertiary/aromatic N) is 1. The summed E-state index contributed by atoms with van der Waals surface area (Å²) in [5, 5.41) is 2.87. The molecule has 0 atom stereocenters. The van der Waals surface area contributed by atoms with Crippen LogP contribution >= 0.6 is 0 Å². The van der Waals surface area contributed by atoms with Crippen LogP contribution in [0.1, 0.15) is 35.3 Å². The van der Waals surface area contributed by atoms with Crippen molar-refractivity contribution in [2.75, 3.05) is 23.7 Å². The molecular formula is C26H29N3O5S. The van der Waals surface area contributed by atoms with Gasteiger partial charge in [-0.2, -0.15) is 0 Å². The van der Waals surface area contributed by atoms with Crippen molar-refractivity contribution in [2.45, 2.75) is 32.2 Å². The molecule has 0 aliphatic rings. The molecule has 0 radical (unpaired) electrons. The number of nitrogens with one attached hydrogen (secondary N) is 2. The van der Waals surface area contributed by atoms with Crippen molar-refractivity contribution in [2.24, 2.45) is 0 Å². The molecule has 0 unspecified atom stereocenters. The van der Waals surface area contributed by atoms with Crippen LogP contribution < -0.4 is 14.8 Å². The molecule has 0 heterocycles. The molecule has 2 amide bonds. The highest BCUT2D eigenvalue weighted by Gasteiger charge is 2.19. The normalized spacial score (nSPS) is 11.0. The highest BCUT2D eigenvalue weighted by molar-refractivity contribution is 7.92. The fraction of sp³-hybridized carbons (Fsp3) is 0.231. The van der Waals surface area contributed by atoms with Crippen LogP contribution in [-0.2, 0) is 21.4 Å². The van der Waals surface area contributed by atoms with Crippen LogP contribution in [-0.4, -0.2) is 38.8 Å². The van der Waals surface area contributed by atoms with Crippen molar-refractivity contribution in [1.82, 2.24) is 4.90 Å². The number of aryl methyl sites for hydroxylation is 1. The number of para-hydroxylation sites is 1. The first-order chi connectivity index (χ1) is 16.6. The van der Waals surface area contributed by atoms with Crippen molar-refractivity contribution in [3.63, 3.8) is 0 Å². The Kier molecular flexibility index (Phi) is 8.14. The minimum atomic E-state index is -3.93. The smallest absolute Gasteiger partial charge is 0.261 e. The SMILES string of the molecule is CCN(Cc1ccccc1NC(=O)c1cc(S(=O)(=O)Nc2ccc(OC)cc2)ccc1C)C(C)=O. The number of benzene rings is 3. The predicted molar refractivity (Wildman–Crippen MR) is 136 cm³/mol. The summed E-state index contributed by atoms with van der Waals surface area (Å²) in [6, 6.07) is 18.1. The average Bonchev–Trinajstić information content (AvgIpc) is 2.83. The first-order valence-electron chi connectivity index (χ1n) is 11.1. The van der Waals surface area contributed by atoms with E-state index in [0.29, 0.717) is 35.8 Å².